The highest BCUT2D eigenvalue weighted by molar-refractivity contribution is 6.32. The highest BCUT2D eigenvalue weighted by atomic mass is 35.5. The Hall–Kier alpha value is -2.66. The van der Waals surface area contributed by atoms with Gasteiger partial charge in [-0.1, -0.05) is 41.9 Å². The predicted octanol–water partition coefficient (Wildman–Crippen LogP) is 2.69. The first kappa shape index (κ1) is 17.2. The average molecular weight is 357 g/mol. The summed E-state index contributed by atoms with van der Waals surface area (Å²) in [5.41, 5.74) is 1.73. The van der Waals surface area contributed by atoms with E-state index in [0.717, 1.165) is 17.7 Å². The van der Waals surface area contributed by atoms with E-state index in [1.807, 2.05) is 30.3 Å². The summed E-state index contributed by atoms with van der Waals surface area (Å²) in [5.74, 6) is -1.30. The van der Waals surface area contributed by atoms with Crippen LogP contribution in [0, 0.1) is 0 Å². The number of benzene rings is 2. The van der Waals surface area contributed by atoms with Gasteiger partial charge in [-0.05, 0) is 36.6 Å². The van der Waals surface area contributed by atoms with Crippen LogP contribution in [0.4, 0.5) is 0 Å². The van der Waals surface area contributed by atoms with Crippen molar-refractivity contribution >= 4 is 29.3 Å². The van der Waals surface area contributed by atoms with Gasteiger partial charge in [0.05, 0.1) is 11.1 Å². The third kappa shape index (κ3) is 3.88. The van der Waals surface area contributed by atoms with E-state index in [-0.39, 0.29) is 23.6 Å². The van der Waals surface area contributed by atoms with Crippen LogP contribution in [0.25, 0.3) is 0 Å². The fourth-order valence-electron chi connectivity index (χ4n) is 2.77. The molecule has 1 N–H and O–H groups in total. The highest BCUT2D eigenvalue weighted by Gasteiger charge is 2.36. The Kier molecular flexibility index (Phi) is 5.14. The fraction of sp³-hybridized carbons (Fsp3) is 0.211. The zero-order valence-corrected chi connectivity index (χ0v) is 14.3. The third-order valence-electron chi connectivity index (χ3n) is 4.04. The topological polar surface area (TPSA) is 66.5 Å². The molecule has 1 heterocycles. The van der Waals surface area contributed by atoms with E-state index in [9.17, 15) is 14.4 Å². The number of carbonyl (C=O) groups excluding carboxylic acids is 3. The zero-order chi connectivity index (χ0) is 17.8. The molecule has 25 heavy (non-hydrogen) atoms. The minimum absolute atomic E-state index is 0.245. The van der Waals surface area contributed by atoms with Crippen LogP contribution in [-0.2, 0) is 11.2 Å². The molecule has 5 nitrogen and oxygen atoms in total. The van der Waals surface area contributed by atoms with Crippen molar-refractivity contribution in [2.24, 2.45) is 0 Å². The molecule has 3 amide bonds. The van der Waals surface area contributed by atoms with Crippen molar-refractivity contribution in [1.82, 2.24) is 10.2 Å². The second-order valence-corrected chi connectivity index (χ2v) is 6.26. The molecule has 128 valence electrons. The molecule has 0 saturated carbocycles. The molecule has 0 radical (unpaired) electrons. The number of rotatable bonds is 6. The van der Waals surface area contributed by atoms with Gasteiger partial charge in [-0.25, -0.2) is 0 Å². The van der Waals surface area contributed by atoms with E-state index in [0.29, 0.717) is 11.6 Å². The number of nitrogens with zero attached hydrogens (tertiary/aromatic N) is 1. The maximum absolute atomic E-state index is 12.3. The summed E-state index contributed by atoms with van der Waals surface area (Å²) in [4.78, 5) is 37.5. The van der Waals surface area contributed by atoms with Crippen molar-refractivity contribution < 1.29 is 14.4 Å². The highest BCUT2D eigenvalue weighted by Crippen LogP contribution is 2.25. The summed E-state index contributed by atoms with van der Waals surface area (Å²) in [6.45, 7) is 0.206. The van der Waals surface area contributed by atoms with Crippen LogP contribution >= 0.6 is 11.6 Å². The molecule has 0 bridgehead atoms. The van der Waals surface area contributed by atoms with Gasteiger partial charge in [-0.3, -0.25) is 19.3 Å². The monoisotopic (exact) mass is 356 g/mol. The summed E-state index contributed by atoms with van der Waals surface area (Å²) >= 11 is 5.86. The molecule has 2 aromatic carbocycles. The molecule has 0 fully saturated rings. The number of nitrogens with one attached hydrogen (secondary N) is 1. The lowest BCUT2D eigenvalue weighted by Crippen LogP contribution is -2.40. The van der Waals surface area contributed by atoms with E-state index in [2.05, 4.69) is 5.32 Å². The minimum Gasteiger partial charge on any atom is -0.355 e. The molecular weight excluding hydrogens is 340 g/mol. The number of amides is 3. The van der Waals surface area contributed by atoms with Crippen LogP contribution in [0.15, 0.2) is 48.5 Å². The quantitative estimate of drug-likeness (QED) is 0.639. The van der Waals surface area contributed by atoms with Crippen LogP contribution in [0.5, 0.6) is 0 Å². The number of imide groups is 1. The fourth-order valence-corrected chi connectivity index (χ4v) is 2.94. The lowest BCUT2D eigenvalue weighted by atomic mass is 10.1. The molecule has 6 heteroatoms. The van der Waals surface area contributed by atoms with Crippen molar-refractivity contribution in [3.63, 3.8) is 0 Å². The normalized spacial score (nSPS) is 13.1. The standard InChI is InChI=1S/C19H17ClN2O3/c20-14-8-9-15-16(11-14)19(25)22(18(15)24)12-17(23)21-10-4-7-13-5-2-1-3-6-13/h1-3,5-6,8-9,11H,4,7,10,12H2,(H,21,23). The molecule has 3 rings (SSSR count). The maximum Gasteiger partial charge on any atom is 0.262 e. The number of hydrogen-bond donors (Lipinski definition) is 1. The molecule has 0 spiro atoms. The molecule has 0 unspecified atom stereocenters. The number of carbonyl (C=O) groups is 3. The van der Waals surface area contributed by atoms with E-state index in [1.54, 1.807) is 6.07 Å². The Bertz CT molecular complexity index is 821. The summed E-state index contributed by atoms with van der Waals surface area (Å²) in [6.07, 6.45) is 1.64. The van der Waals surface area contributed by atoms with Gasteiger partial charge in [0.25, 0.3) is 11.8 Å². The smallest absolute Gasteiger partial charge is 0.262 e. The van der Waals surface area contributed by atoms with Gasteiger partial charge >= 0.3 is 0 Å². The lowest BCUT2D eigenvalue weighted by Gasteiger charge is -2.13. The van der Waals surface area contributed by atoms with Crippen LogP contribution in [-0.4, -0.2) is 35.7 Å². The van der Waals surface area contributed by atoms with Crippen molar-refractivity contribution in [3.8, 4) is 0 Å². The first-order valence-corrected chi connectivity index (χ1v) is 8.40. The average Bonchev–Trinajstić information content (AvgIpc) is 2.84. The van der Waals surface area contributed by atoms with Crippen LogP contribution in [0.2, 0.25) is 5.02 Å². The Morgan fingerprint density at radius 3 is 2.48 bits per heavy atom. The Balaban J connectivity index is 1.50. The van der Waals surface area contributed by atoms with Gasteiger partial charge in [0.1, 0.15) is 6.54 Å². The van der Waals surface area contributed by atoms with Gasteiger partial charge in [-0.2, -0.15) is 0 Å². The predicted molar refractivity (Wildman–Crippen MR) is 94.6 cm³/mol. The van der Waals surface area contributed by atoms with Crippen LogP contribution in [0.1, 0.15) is 32.7 Å². The molecule has 0 saturated heterocycles. The van der Waals surface area contributed by atoms with Gasteiger partial charge in [0, 0.05) is 11.6 Å². The van der Waals surface area contributed by atoms with Gasteiger partial charge in [-0.15, -0.1) is 0 Å². The molecule has 2 aromatic rings. The van der Waals surface area contributed by atoms with Crippen molar-refractivity contribution in [2.75, 3.05) is 13.1 Å². The van der Waals surface area contributed by atoms with Gasteiger partial charge in [0.15, 0.2) is 0 Å². The minimum atomic E-state index is -0.484. The molecule has 0 aromatic heterocycles. The third-order valence-corrected chi connectivity index (χ3v) is 4.28. The molecule has 1 aliphatic rings. The SMILES string of the molecule is O=C(CN1C(=O)c2ccc(Cl)cc2C1=O)NCCCc1ccccc1. The van der Waals surface area contributed by atoms with E-state index in [1.165, 1.54) is 17.7 Å². The van der Waals surface area contributed by atoms with Crippen molar-refractivity contribution in [3.05, 3.63) is 70.2 Å². The van der Waals surface area contributed by atoms with Gasteiger partial charge < -0.3 is 5.32 Å². The summed E-state index contributed by atoms with van der Waals surface area (Å²) in [5, 5.41) is 3.13. The Labute approximate surface area is 150 Å². The summed E-state index contributed by atoms with van der Waals surface area (Å²) < 4.78 is 0. The second kappa shape index (κ2) is 7.49. The van der Waals surface area contributed by atoms with Crippen molar-refractivity contribution in [2.45, 2.75) is 12.8 Å². The Morgan fingerprint density at radius 2 is 1.72 bits per heavy atom. The van der Waals surface area contributed by atoms with E-state index in [4.69, 9.17) is 11.6 Å². The molecular formula is C19H17ClN2O3. The number of aryl methyl sites for hydroxylation is 1. The van der Waals surface area contributed by atoms with Gasteiger partial charge in [0.2, 0.25) is 5.91 Å². The summed E-state index contributed by atoms with van der Waals surface area (Å²) in [6, 6.07) is 14.5. The second-order valence-electron chi connectivity index (χ2n) is 5.83. The van der Waals surface area contributed by atoms with Crippen LogP contribution < -0.4 is 5.32 Å². The zero-order valence-electron chi connectivity index (χ0n) is 13.5. The number of hydrogen-bond acceptors (Lipinski definition) is 3. The molecule has 0 atom stereocenters. The number of fused-ring (bicyclic) bond motifs is 1. The van der Waals surface area contributed by atoms with Crippen LogP contribution in [0.3, 0.4) is 0 Å². The van der Waals surface area contributed by atoms with E-state index >= 15 is 0 Å². The van der Waals surface area contributed by atoms with E-state index < -0.39 is 11.8 Å². The maximum atomic E-state index is 12.3. The first-order chi connectivity index (χ1) is 12.1. The Morgan fingerprint density at radius 1 is 1.00 bits per heavy atom. The first-order valence-electron chi connectivity index (χ1n) is 8.02. The summed E-state index contributed by atoms with van der Waals surface area (Å²) in [7, 11) is 0. The number of halogens is 1. The van der Waals surface area contributed by atoms with Crippen molar-refractivity contribution in [1.29, 1.82) is 0 Å². The largest absolute Gasteiger partial charge is 0.355 e. The molecule has 0 aliphatic carbocycles. The lowest BCUT2D eigenvalue weighted by molar-refractivity contribution is -0.121. The molecule has 1 aliphatic heterocycles.